The van der Waals surface area contributed by atoms with Crippen LogP contribution in [0.2, 0.25) is 0 Å². The van der Waals surface area contributed by atoms with Crippen molar-refractivity contribution >= 4 is 21.8 Å². The average Bonchev–Trinajstić information content (AvgIpc) is 2.95. The van der Waals surface area contributed by atoms with Crippen molar-refractivity contribution in [1.29, 1.82) is 0 Å². The normalized spacial score (nSPS) is 11.1. The van der Waals surface area contributed by atoms with Gasteiger partial charge in [-0.25, -0.2) is 4.98 Å². The number of benzene rings is 3. The van der Waals surface area contributed by atoms with Crippen LogP contribution in [0, 0.1) is 0 Å². The highest BCUT2D eigenvalue weighted by Gasteiger charge is 2.13. The minimum absolute atomic E-state index is 0.0913. The lowest BCUT2D eigenvalue weighted by Crippen LogP contribution is -1.87. The number of aromatic amines is 1. The van der Waals surface area contributed by atoms with Crippen molar-refractivity contribution < 1.29 is 9.84 Å². The maximum atomic E-state index is 10.3. The predicted octanol–water partition coefficient (Wildman–Crippen LogP) is 4.10. The molecule has 0 bridgehead atoms. The number of para-hydroxylation sites is 1. The number of methoxy groups -OCH3 is 1. The lowest BCUT2D eigenvalue weighted by Gasteiger charge is -2.06. The summed E-state index contributed by atoms with van der Waals surface area (Å²) in [6, 6.07) is 17.6. The highest BCUT2D eigenvalue weighted by molar-refractivity contribution is 5.96. The Balaban J connectivity index is 1.94. The van der Waals surface area contributed by atoms with Crippen LogP contribution in [-0.2, 0) is 0 Å². The summed E-state index contributed by atoms with van der Waals surface area (Å²) >= 11 is 0. The fraction of sp³-hybridized carbons (Fsp3) is 0.0556. The number of ether oxygens (including phenoxy) is 1. The number of phenols is 1. The predicted molar refractivity (Wildman–Crippen MR) is 87.3 cm³/mol. The van der Waals surface area contributed by atoms with Crippen LogP contribution in [0.4, 0.5) is 0 Å². The van der Waals surface area contributed by atoms with E-state index in [9.17, 15) is 5.11 Å². The maximum Gasteiger partial charge on any atom is 0.168 e. The van der Waals surface area contributed by atoms with Gasteiger partial charge in [-0.1, -0.05) is 30.3 Å². The van der Waals surface area contributed by atoms with Crippen LogP contribution in [0.1, 0.15) is 0 Å². The van der Waals surface area contributed by atoms with Gasteiger partial charge in [-0.05, 0) is 35.0 Å². The Morgan fingerprint density at radius 3 is 2.55 bits per heavy atom. The summed E-state index contributed by atoms with van der Waals surface area (Å²) in [5, 5.41) is 12.6. The highest BCUT2D eigenvalue weighted by atomic mass is 16.5. The molecule has 0 radical (unpaired) electrons. The third-order valence-corrected chi connectivity index (χ3v) is 3.82. The molecule has 0 aliphatic heterocycles. The Bertz CT molecular complexity index is 936. The number of fused-ring (bicyclic) bond motifs is 2. The third-order valence-electron chi connectivity index (χ3n) is 3.82. The van der Waals surface area contributed by atoms with E-state index in [1.807, 2.05) is 30.3 Å². The van der Waals surface area contributed by atoms with E-state index >= 15 is 0 Å². The number of hydrogen-bond donors (Lipinski definition) is 2. The molecule has 108 valence electrons. The van der Waals surface area contributed by atoms with E-state index in [1.54, 1.807) is 6.07 Å². The summed E-state index contributed by atoms with van der Waals surface area (Å²) in [4.78, 5) is 7.87. The number of rotatable bonds is 2. The van der Waals surface area contributed by atoms with Gasteiger partial charge in [0, 0.05) is 0 Å². The Labute approximate surface area is 127 Å². The molecular weight excluding hydrogens is 276 g/mol. The molecule has 4 rings (SSSR count). The van der Waals surface area contributed by atoms with Crippen molar-refractivity contribution in [3.8, 4) is 22.9 Å². The molecule has 0 fully saturated rings. The van der Waals surface area contributed by atoms with Crippen LogP contribution in [-0.4, -0.2) is 22.2 Å². The van der Waals surface area contributed by atoms with Crippen molar-refractivity contribution in [2.45, 2.75) is 0 Å². The van der Waals surface area contributed by atoms with Gasteiger partial charge in [-0.2, -0.15) is 0 Å². The number of nitrogens with one attached hydrogen (secondary N) is 1. The summed E-state index contributed by atoms with van der Waals surface area (Å²) in [5.74, 6) is 1.15. The first-order chi connectivity index (χ1) is 10.8. The number of phenolic OH excluding ortho intramolecular Hbond substituents is 1. The molecular formula is C18H14N2O2. The Morgan fingerprint density at radius 1 is 1.00 bits per heavy atom. The van der Waals surface area contributed by atoms with Crippen LogP contribution in [0.3, 0.4) is 0 Å². The van der Waals surface area contributed by atoms with Gasteiger partial charge >= 0.3 is 0 Å². The molecule has 0 saturated heterocycles. The first kappa shape index (κ1) is 12.7. The molecule has 0 spiro atoms. The minimum Gasteiger partial charge on any atom is -0.504 e. The highest BCUT2D eigenvalue weighted by Crippen LogP contribution is 2.36. The van der Waals surface area contributed by atoms with Crippen LogP contribution < -0.4 is 4.74 Å². The molecule has 1 heterocycles. The number of aromatic hydroxyl groups is 1. The van der Waals surface area contributed by atoms with Crippen LogP contribution in [0.15, 0.2) is 54.6 Å². The fourth-order valence-corrected chi connectivity index (χ4v) is 2.70. The lowest BCUT2D eigenvalue weighted by atomic mass is 10.1. The Kier molecular flexibility index (Phi) is 2.76. The monoisotopic (exact) mass is 290 g/mol. The molecule has 1 aromatic heterocycles. The van der Waals surface area contributed by atoms with Crippen molar-refractivity contribution in [3.05, 3.63) is 54.6 Å². The van der Waals surface area contributed by atoms with Gasteiger partial charge in [0.05, 0.1) is 23.7 Å². The molecule has 4 aromatic rings. The van der Waals surface area contributed by atoms with Crippen LogP contribution in [0.5, 0.6) is 11.5 Å². The molecule has 4 heteroatoms. The molecule has 0 aliphatic rings. The summed E-state index contributed by atoms with van der Waals surface area (Å²) in [6.45, 7) is 0. The topological polar surface area (TPSA) is 58.1 Å². The quantitative estimate of drug-likeness (QED) is 0.584. The molecule has 0 amide bonds. The second-order valence-corrected chi connectivity index (χ2v) is 5.16. The van der Waals surface area contributed by atoms with Gasteiger partial charge in [-0.3, -0.25) is 0 Å². The molecule has 0 unspecified atom stereocenters. The van der Waals surface area contributed by atoms with Gasteiger partial charge < -0.3 is 14.8 Å². The molecule has 0 saturated carbocycles. The Hall–Kier alpha value is -3.01. The van der Waals surface area contributed by atoms with Gasteiger partial charge in [0.2, 0.25) is 0 Å². The smallest absolute Gasteiger partial charge is 0.168 e. The fourth-order valence-electron chi connectivity index (χ4n) is 2.70. The van der Waals surface area contributed by atoms with Crippen molar-refractivity contribution in [1.82, 2.24) is 9.97 Å². The zero-order valence-corrected chi connectivity index (χ0v) is 12.0. The summed E-state index contributed by atoms with van der Waals surface area (Å²) in [7, 11) is 1.53. The Morgan fingerprint density at radius 2 is 1.77 bits per heavy atom. The van der Waals surface area contributed by atoms with Gasteiger partial charge in [0.1, 0.15) is 5.82 Å². The van der Waals surface area contributed by atoms with E-state index in [1.165, 1.54) is 7.11 Å². The molecule has 22 heavy (non-hydrogen) atoms. The largest absolute Gasteiger partial charge is 0.504 e. The summed E-state index contributed by atoms with van der Waals surface area (Å²) in [5.41, 5.74) is 2.44. The number of imidazole rings is 1. The van der Waals surface area contributed by atoms with E-state index < -0.39 is 0 Å². The third kappa shape index (κ3) is 1.89. The van der Waals surface area contributed by atoms with Gasteiger partial charge in [0.15, 0.2) is 11.5 Å². The zero-order chi connectivity index (χ0) is 15.1. The van der Waals surface area contributed by atoms with Gasteiger partial charge in [0.25, 0.3) is 0 Å². The van der Waals surface area contributed by atoms with Crippen LogP contribution >= 0.6 is 0 Å². The first-order valence-electron chi connectivity index (χ1n) is 7.01. The summed E-state index contributed by atoms with van der Waals surface area (Å²) < 4.78 is 5.15. The second-order valence-electron chi connectivity index (χ2n) is 5.16. The standard InChI is InChI=1S/C18H14N2O2/c1-22-16-8-4-7-13(17(16)21)18-19-14-9-11-5-2-3-6-12(11)10-15(14)20-18/h2-10,21H,1H3,(H,19,20). The van der Waals surface area contributed by atoms with E-state index in [0.29, 0.717) is 17.1 Å². The minimum atomic E-state index is 0.0913. The van der Waals surface area contributed by atoms with Crippen molar-refractivity contribution in [2.24, 2.45) is 0 Å². The molecule has 4 nitrogen and oxygen atoms in total. The number of hydrogen-bond acceptors (Lipinski definition) is 3. The molecule has 3 aromatic carbocycles. The van der Waals surface area contributed by atoms with Crippen LogP contribution in [0.25, 0.3) is 33.2 Å². The lowest BCUT2D eigenvalue weighted by molar-refractivity contribution is 0.374. The van der Waals surface area contributed by atoms with Crippen molar-refractivity contribution in [2.75, 3.05) is 7.11 Å². The molecule has 2 N–H and O–H groups in total. The van der Waals surface area contributed by atoms with E-state index in [-0.39, 0.29) is 5.75 Å². The van der Waals surface area contributed by atoms with E-state index in [2.05, 4.69) is 28.2 Å². The van der Waals surface area contributed by atoms with Crippen molar-refractivity contribution in [3.63, 3.8) is 0 Å². The zero-order valence-electron chi connectivity index (χ0n) is 12.0. The van der Waals surface area contributed by atoms with E-state index in [4.69, 9.17) is 4.74 Å². The van der Waals surface area contributed by atoms with Gasteiger partial charge in [-0.15, -0.1) is 0 Å². The number of aromatic nitrogens is 2. The number of H-pyrrole nitrogens is 1. The molecule has 0 atom stereocenters. The van der Waals surface area contributed by atoms with E-state index in [0.717, 1.165) is 21.8 Å². The second kappa shape index (κ2) is 4.77. The summed E-state index contributed by atoms with van der Waals surface area (Å²) in [6.07, 6.45) is 0. The molecule has 0 aliphatic carbocycles. The SMILES string of the molecule is COc1cccc(-c2nc3cc4ccccc4cc3[nH]2)c1O. The average molecular weight is 290 g/mol. The number of nitrogens with zero attached hydrogens (tertiary/aromatic N) is 1. The first-order valence-corrected chi connectivity index (χ1v) is 7.01. The maximum absolute atomic E-state index is 10.3.